The number of aryl methyl sites for hydroxylation is 1. The van der Waals surface area contributed by atoms with E-state index in [0.29, 0.717) is 10.7 Å². The number of benzene rings is 2. The molecule has 2 aromatic heterocycles. The molecule has 0 aliphatic rings. The Balaban J connectivity index is 0.000000271. The van der Waals surface area contributed by atoms with Crippen LogP contribution in [0.25, 0.3) is 5.69 Å². The van der Waals surface area contributed by atoms with Crippen LogP contribution in [-0.4, -0.2) is 60.1 Å². The highest BCUT2D eigenvalue weighted by molar-refractivity contribution is 6.32. The molecule has 0 aliphatic carbocycles. The first-order valence-electron chi connectivity index (χ1n) is 14.0. The summed E-state index contributed by atoms with van der Waals surface area (Å²) in [6.45, 7) is 1.26. The predicted molar refractivity (Wildman–Crippen MR) is 171 cm³/mol. The van der Waals surface area contributed by atoms with E-state index in [-0.39, 0.29) is 62.3 Å². The van der Waals surface area contributed by atoms with Gasteiger partial charge in [-0.15, -0.1) is 16.7 Å². The van der Waals surface area contributed by atoms with Gasteiger partial charge in [-0.1, -0.05) is 11.6 Å². The molecule has 266 valence electrons. The van der Waals surface area contributed by atoms with Crippen LogP contribution in [-0.2, 0) is 16.0 Å². The van der Waals surface area contributed by atoms with Gasteiger partial charge in [-0.3, -0.25) is 9.78 Å². The molecule has 4 rings (SSSR count). The smallest absolute Gasteiger partial charge is 0.355 e. The van der Waals surface area contributed by atoms with Gasteiger partial charge in [0.2, 0.25) is 0 Å². The third-order valence-corrected chi connectivity index (χ3v) is 6.97. The Morgan fingerprint density at radius 2 is 1.76 bits per heavy atom. The number of ether oxygens (including phenoxy) is 1. The molecule has 2 heterocycles. The van der Waals surface area contributed by atoms with E-state index in [0.717, 1.165) is 24.3 Å². The molecule has 1 atom stereocenters. The topological polar surface area (TPSA) is 170 Å². The molecular formula is C30H26Cl2F5N7O6. The number of hydrazone groups is 1. The van der Waals surface area contributed by atoms with Crippen LogP contribution in [0, 0.1) is 24.4 Å². The number of esters is 1. The summed E-state index contributed by atoms with van der Waals surface area (Å²) in [6, 6.07) is 6.51. The average Bonchev–Trinajstić information content (AvgIpc) is 3.34. The van der Waals surface area contributed by atoms with Gasteiger partial charge in [0.1, 0.15) is 34.2 Å². The lowest BCUT2D eigenvalue weighted by atomic mass is 10.1. The Kier molecular flexibility index (Phi) is 13.6. The van der Waals surface area contributed by atoms with Crippen LogP contribution in [0.5, 0.6) is 0 Å². The summed E-state index contributed by atoms with van der Waals surface area (Å²) in [5, 5.41) is 17.5. The number of anilines is 1. The number of rotatable bonds is 10. The number of carbonyl (C=O) groups excluding carboxylic acids is 2. The molecule has 0 spiro atoms. The first kappa shape index (κ1) is 39.1. The molecule has 0 bridgehead atoms. The molecule has 0 radical (unpaired) electrons. The van der Waals surface area contributed by atoms with Crippen molar-refractivity contribution in [1.82, 2.24) is 24.8 Å². The zero-order chi connectivity index (χ0) is 37.3. The molecule has 0 fully saturated rings. The molecule has 50 heavy (non-hydrogen) atoms. The Hall–Kier alpha value is -5.36. The molecule has 0 saturated heterocycles. The van der Waals surface area contributed by atoms with Gasteiger partial charge in [0.25, 0.3) is 0 Å². The van der Waals surface area contributed by atoms with E-state index in [4.69, 9.17) is 33.0 Å². The zero-order valence-corrected chi connectivity index (χ0v) is 27.6. The number of aromatic carboxylic acids is 1. The average molecular weight is 746 g/mol. The van der Waals surface area contributed by atoms with E-state index in [1.807, 2.05) is 0 Å². The Morgan fingerprint density at radius 1 is 1.10 bits per heavy atom. The van der Waals surface area contributed by atoms with E-state index >= 15 is 0 Å². The third kappa shape index (κ3) is 10.1. The second kappa shape index (κ2) is 17.3. The second-order valence-corrected chi connectivity index (χ2v) is 10.8. The maximum atomic E-state index is 14.2. The minimum atomic E-state index is -3.12. The first-order valence-corrected chi connectivity index (χ1v) is 14.9. The number of pyridine rings is 1. The van der Waals surface area contributed by atoms with Crippen molar-refractivity contribution in [3.8, 4) is 5.69 Å². The summed E-state index contributed by atoms with van der Waals surface area (Å²) in [7, 11) is 0. The van der Waals surface area contributed by atoms with Crippen molar-refractivity contribution in [2.45, 2.75) is 39.1 Å². The Labute approximate surface area is 289 Å². The van der Waals surface area contributed by atoms with Crippen molar-refractivity contribution in [2.24, 2.45) is 5.10 Å². The van der Waals surface area contributed by atoms with Gasteiger partial charge in [0.05, 0.1) is 17.9 Å². The minimum absolute atomic E-state index is 0.0424. The van der Waals surface area contributed by atoms with Crippen molar-refractivity contribution in [3.05, 3.63) is 104 Å². The van der Waals surface area contributed by atoms with Crippen LogP contribution in [0.15, 0.2) is 58.6 Å². The Morgan fingerprint density at radius 3 is 2.34 bits per heavy atom. The SMILES string of the molecule is C/C(=N\NC(=O)Nc1cc(F)cc(F)c1)c1ncccc1C(=O)O.CCOC(=O)C(Cl)Cc1cc(-n2nc(C)n(C(F)F)c2=O)c(F)cc1Cl. The number of nitrogens with zero attached hydrogens (tertiary/aromatic N) is 5. The number of nitrogens with one attached hydrogen (secondary N) is 2. The largest absolute Gasteiger partial charge is 0.478 e. The first-order chi connectivity index (χ1) is 23.5. The fourth-order valence-corrected chi connectivity index (χ4v) is 4.56. The van der Waals surface area contributed by atoms with Crippen LogP contribution in [0.4, 0.5) is 32.4 Å². The van der Waals surface area contributed by atoms with Gasteiger partial charge in [-0.25, -0.2) is 37.5 Å². The van der Waals surface area contributed by atoms with Crippen LogP contribution in [0.2, 0.25) is 5.02 Å². The van der Waals surface area contributed by atoms with Crippen molar-refractivity contribution in [3.63, 3.8) is 0 Å². The van der Waals surface area contributed by atoms with Gasteiger partial charge >= 0.3 is 30.2 Å². The van der Waals surface area contributed by atoms with Crippen LogP contribution in [0.1, 0.15) is 47.8 Å². The maximum Gasteiger partial charge on any atom is 0.355 e. The Bertz CT molecular complexity index is 1970. The number of carboxylic acids is 1. The van der Waals surface area contributed by atoms with Crippen molar-refractivity contribution in [2.75, 3.05) is 11.9 Å². The van der Waals surface area contributed by atoms with Gasteiger partial charge in [-0.2, -0.15) is 18.6 Å². The minimum Gasteiger partial charge on any atom is -0.478 e. The van der Waals surface area contributed by atoms with Crippen LogP contribution >= 0.6 is 23.2 Å². The lowest BCUT2D eigenvalue weighted by molar-refractivity contribution is -0.142. The van der Waals surface area contributed by atoms with Gasteiger partial charge in [-0.05, 0) is 62.7 Å². The molecular weight excluding hydrogens is 720 g/mol. The van der Waals surface area contributed by atoms with E-state index < -0.39 is 53.0 Å². The highest BCUT2D eigenvalue weighted by Gasteiger charge is 2.24. The second-order valence-electron chi connectivity index (χ2n) is 9.83. The fourth-order valence-electron chi connectivity index (χ4n) is 4.11. The molecule has 20 heteroatoms. The summed E-state index contributed by atoms with van der Waals surface area (Å²) >= 11 is 11.9. The number of amides is 2. The number of carbonyl (C=O) groups is 3. The molecule has 3 N–H and O–H groups in total. The number of halogens is 7. The van der Waals surface area contributed by atoms with E-state index in [9.17, 15) is 41.1 Å². The normalized spacial score (nSPS) is 11.8. The number of urea groups is 1. The summed E-state index contributed by atoms with van der Waals surface area (Å²) in [4.78, 5) is 50.4. The summed E-state index contributed by atoms with van der Waals surface area (Å²) in [5.41, 5.74) is 0.789. The maximum absolute atomic E-state index is 14.2. The lowest BCUT2D eigenvalue weighted by Crippen LogP contribution is -2.26. The monoisotopic (exact) mass is 745 g/mol. The van der Waals surface area contributed by atoms with Gasteiger partial charge in [0.15, 0.2) is 5.82 Å². The number of hydrogen-bond donors (Lipinski definition) is 3. The quantitative estimate of drug-likeness (QED) is 0.0597. The van der Waals surface area contributed by atoms with Crippen molar-refractivity contribution < 1.29 is 46.2 Å². The van der Waals surface area contributed by atoms with E-state index in [1.54, 1.807) is 6.92 Å². The van der Waals surface area contributed by atoms with E-state index in [1.165, 1.54) is 32.2 Å². The predicted octanol–water partition coefficient (Wildman–Crippen LogP) is 5.85. The van der Waals surface area contributed by atoms with Crippen molar-refractivity contribution in [1.29, 1.82) is 0 Å². The van der Waals surface area contributed by atoms with E-state index in [2.05, 4.69) is 25.9 Å². The number of hydrogen-bond acceptors (Lipinski definition) is 8. The zero-order valence-electron chi connectivity index (χ0n) is 26.1. The third-order valence-electron chi connectivity index (χ3n) is 6.29. The van der Waals surface area contributed by atoms with Crippen molar-refractivity contribution >= 4 is 52.6 Å². The summed E-state index contributed by atoms with van der Waals surface area (Å²) in [6.07, 6.45) is 1.27. The molecule has 4 aromatic rings. The molecule has 0 saturated carbocycles. The molecule has 2 aromatic carbocycles. The van der Waals surface area contributed by atoms with Gasteiger partial charge < -0.3 is 15.2 Å². The highest BCUT2D eigenvalue weighted by Crippen LogP contribution is 2.25. The number of aromatic nitrogens is 4. The lowest BCUT2D eigenvalue weighted by Gasteiger charge is -2.12. The summed E-state index contributed by atoms with van der Waals surface area (Å²) < 4.78 is 71.6. The summed E-state index contributed by atoms with van der Waals surface area (Å²) in [5.74, 6) is -4.79. The fraction of sp³-hybridized carbons (Fsp3) is 0.233. The highest BCUT2D eigenvalue weighted by atomic mass is 35.5. The molecule has 13 nitrogen and oxygen atoms in total. The van der Waals surface area contributed by atoms with Gasteiger partial charge in [0, 0.05) is 29.4 Å². The number of alkyl halides is 3. The standard InChI is InChI=1S/C15H14Cl2F3N3O3.C15H12F2N4O3/c1-3-26-13(24)10(17)4-8-5-12(11(18)6-9(8)16)23-15(25)22(14(19)20)7(2)21-23;1-8(13-12(14(22)23)3-2-4-18-13)20-21-15(24)19-11-6-9(16)5-10(17)7-11/h5-6,10,14H,3-4H2,1-2H3;2-7H,1H3,(H,22,23)(H2,19,21,24)/b;20-8+. The number of carboxylic acid groups (broad SMARTS) is 1. The van der Waals surface area contributed by atoms with Crippen LogP contribution < -0.4 is 16.4 Å². The molecule has 2 amide bonds. The molecule has 1 unspecified atom stereocenters. The van der Waals surface area contributed by atoms with Crippen LogP contribution in [0.3, 0.4) is 0 Å². The molecule has 0 aliphatic heterocycles.